The minimum Gasteiger partial charge on any atom is -0.335 e. The Morgan fingerprint density at radius 3 is 2.64 bits per heavy atom. The average molecular weight is 348 g/mol. The fourth-order valence-electron chi connectivity index (χ4n) is 2.89. The second kappa shape index (κ2) is 6.61. The number of anilines is 1. The van der Waals surface area contributed by atoms with Gasteiger partial charge in [-0.3, -0.25) is 0 Å². The number of thioether (sulfide) groups is 1. The molecule has 0 saturated carbocycles. The third-order valence-electron chi connectivity index (χ3n) is 4.09. The molecule has 0 aliphatic carbocycles. The SMILES string of the molecule is CCN1/C(=C/C=C2/C(=O)ON=C2c2ccccc2)Sc2ccccc21. The summed E-state index contributed by atoms with van der Waals surface area (Å²) < 4.78 is 0. The van der Waals surface area contributed by atoms with E-state index in [-0.39, 0.29) is 0 Å². The third-order valence-corrected chi connectivity index (χ3v) is 5.22. The monoisotopic (exact) mass is 348 g/mol. The summed E-state index contributed by atoms with van der Waals surface area (Å²) in [5.74, 6) is -0.417. The van der Waals surface area contributed by atoms with Gasteiger partial charge in [0.2, 0.25) is 0 Å². The van der Waals surface area contributed by atoms with Crippen molar-refractivity contribution in [1.82, 2.24) is 0 Å². The van der Waals surface area contributed by atoms with E-state index in [2.05, 4.69) is 29.1 Å². The second-order valence-corrected chi connectivity index (χ2v) is 6.65. The second-order valence-electron chi connectivity index (χ2n) is 5.58. The van der Waals surface area contributed by atoms with Crippen molar-refractivity contribution in [1.29, 1.82) is 0 Å². The van der Waals surface area contributed by atoms with Crippen molar-refractivity contribution >= 4 is 29.1 Å². The van der Waals surface area contributed by atoms with Gasteiger partial charge in [0.05, 0.1) is 16.3 Å². The van der Waals surface area contributed by atoms with Crippen LogP contribution in [0.3, 0.4) is 0 Å². The molecule has 0 fully saturated rings. The highest BCUT2D eigenvalue weighted by molar-refractivity contribution is 8.03. The number of rotatable bonds is 3. The number of nitrogens with zero attached hydrogens (tertiary/aromatic N) is 2. The Labute approximate surface area is 150 Å². The van der Waals surface area contributed by atoms with E-state index in [1.807, 2.05) is 48.5 Å². The summed E-state index contributed by atoms with van der Waals surface area (Å²) in [6, 6.07) is 17.9. The molecule has 2 aliphatic rings. The van der Waals surface area contributed by atoms with Crippen molar-refractivity contribution in [2.24, 2.45) is 5.16 Å². The lowest BCUT2D eigenvalue weighted by atomic mass is 10.0. The number of carbonyl (C=O) groups excluding carboxylic acids is 1. The summed E-state index contributed by atoms with van der Waals surface area (Å²) in [6.07, 6.45) is 3.77. The summed E-state index contributed by atoms with van der Waals surface area (Å²) in [5.41, 5.74) is 3.12. The molecule has 5 heteroatoms. The van der Waals surface area contributed by atoms with Crippen molar-refractivity contribution in [3.8, 4) is 0 Å². The van der Waals surface area contributed by atoms with E-state index in [0.29, 0.717) is 11.3 Å². The molecular formula is C20H16N2O2S. The van der Waals surface area contributed by atoms with Gasteiger partial charge in [0, 0.05) is 17.0 Å². The molecule has 0 radical (unpaired) electrons. The highest BCUT2D eigenvalue weighted by atomic mass is 32.2. The molecule has 0 spiro atoms. The molecule has 0 aromatic heterocycles. The van der Waals surface area contributed by atoms with Crippen LogP contribution in [0.2, 0.25) is 0 Å². The van der Waals surface area contributed by atoms with Crippen LogP contribution in [0, 0.1) is 0 Å². The van der Waals surface area contributed by atoms with Gasteiger partial charge in [-0.05, 0) is 31.2 Å². The summed E-state index contributed by atoms with van der Waals surface area (Å²) in [7, 11) is 0. The zero-order valence-corrected chi connectivity index (χ0v) is 14.5. The summed E-state index contributed by atoms with van der Waals surface area (Å²) >= 11 is 1.70. The quantitative estimate of drug-likeness (QED) is 0.611. The molecule has 4 nitrogen and oxygen atoms in total. The van der Waals surface area contributed by atoms with Crippen molar-refractivity contribution in [2.75, 3.05) is 11.4 Å². The Morgan fingerprint density at radius 2 is 1.84 bits per heavy atom. The number of fused-ring (bicyclic) bond motifs is 1. The van der Waals surface area contributed by atoms with Crippen LogP contribution >= 0.6 is 11.8 Å². The molecule has 4 rings (SSSR count). The normalized spacial score (nSPS) is 19.3. The first-order valence-corrected chi connectivity index (χ1v) is 8.91. The molecule has 2 aliphatic heterocycles. The van der Waals surface area contributed by atoms with Gasteiger partial charge in [-0.2, -0.15) is 0 Å². The first-order chi connectivity index (χ1) is 12.3. The third kappa shape index (κ3) is 2.87. The maximum Gasteiger partial charge on any atom is 0.368 e. The van der Waals surface area contributed by atoms with Gasteiger partial charge >= 0.3 is 5.97 Å². The predicted octanol–water partition coefficient (Wildman–Crippen LogP) is 4.35. The standard InChI is InChI=1S/C20H16N2O2S/c1-2-22-16-10-6-7-11-17(16)25-18(22)13-12-15-19(21-24-20(15)23)14-8-4-3-5-9-14/h3-13H,2H2,1H3/b15-12+,18-13-. The number of hydrogen-bond donors (Lipinski definition) is 0. The fraction of sp³-hybridized carbons (Fsp3) is 0.100. The zero-order valence-electron chi connectivity index (χ0n) is 13.7. The molecule has 2 heterocycles. The van der Waals surface area contributed by atoms with Crippen LogP contribution in [0.5, 0.6) is 0 Å². The van der Waals surface area contributed by atoms with E-state index >= 15 is 0 Å². The lowest BCUT2D eigenvalue weighted by Gasteiger charge is -2.17. The van der Waals surface area contributed by atoms with Crippen LogP contribution in [0.25, 0.3) is 0 Å². The number of benzene rings is 2. The van der Waals surface area contributed by atoms with Crippen molar-refractivity contribution in [3.63, 3.8) is 0 Å². The Kier molecular flexibility index (Phi) is 4.15. The van der Waals surface area contributed by atoms with Crippen LogP contribution in [0.1, 0.15) is 12.5 Å². The van der Waals surface area contributed by atoms with Gasteiger partial charge in [-0.1, -0.05) is 59.4 Å². The van der Waals surface area contributed by atoms with Crippen LogP contribution in [0.15, 0.2) is 87.4 Å². The highest BCUT2D eigenvalue weighted by Crippen LogP contribution is 2.45. The molecule has 2 aromatic rings. The summed E-state index contributed by atoms with van der Waals surface area (Å²) in [5, 5.41) is 5.03. The van der Waals surface area contributed by atoms with E-state index in [4.69, 9.17) is 4.84 Å². The maximum absolute atomic E-state index is 12.1. The molecular weight excluding hydrogens is 332 g/mol. The summed E-state index contributed by atoms with van der Waals surface area (Å²) in [6.45, 7) is 2.98. The molecule has 0 amide bonds. The van der Waals surface area contributed by atoms with Crippen LogP contribution in [0.4, 0.5) is 5.69 Å². The number of hydrogen-bond acceptors (Lipinski definition) is 5. The molecule has 0 bridgehead atoms. The largest absolute Gasteiger partial charge is 0.368 e. The topological polar surface area (TPSA) is 41.9 Å². The van der Waals surface area contributed by atoms with E-state index in [0.717, 1.165) is 17.1 Å². The van der Waals surface area contributed by atoms with Gasteiger partial charge in [-0.15, -0.1) is 0 Å². The predicted molar refractivity (Wildman–Crippen MR) is 101 cm³/mol. The van der Waals surface area contributed by atoms with Gasteiger partial charge in [0.25, 0.3) is 0 Å². The molecule has 2 aromatic carbocycles. The van der Waals surface area contributed by atoms with Crippen molar-refractivity contribution in [2.45, 2.75) is 11.8 Å². The number of carbonyl (C=O) groups is 1. The van der Waals surface area contributed by atoms with Crippen LogP contribution in [-0.4, -0.2) is 18.2 Å². The number of allylic oxidation sites excluding steroid dienone is 2. The Morgan fingerprint density at radius 1 is 1.08 bits per heavy atom. The minimum atomic E-state index is -0.417. The average Bonchev–Trinajstić information content (AvgIpc) is 3.20. The van der Waals surface area contributed by atoms with E-state index < -0.39 is 5.97 Å². The first-order valence-electron chi connectivity index (χ1n) is 8.09. The Bertz CT molecular complexity index is 916. The molecule has 0 N–H and O–H groups in total. The smallest absolute Gasteiger partial charge is 0.335 e. The molecule has 0 atom stereocenters. The zero-order chi connectivity index (χ0) is 17.2. The lowest BCUT2D eigenvalue weighted by molar-refractivity contribution is -0.136. The maximum atomic E-state index is 12.1. The van der Waals surface area contributed by atoms with Gasteiger partial charge < -0.3 is 9.74 Å². The molecule has 124 valence electrons. The minimum absolute atomic E-state index is 0.417. The highest BCUT2D eigenvalue weighted by Gasteiger charge is 2.27. The number of para-hydroxylation sites is 1. The van der Waals surface area contributed by atoms with Crippen LogP contribution < -0.4 is 4.90 Å². The Hall–Kier alpha value is -2.79. The fourth-order valence-corrected chi connectivity index (χ4v) is 4.02. The van der Waals surface area contributed by atoms with Gasteiger partial charge in [-0.25, -0.2) is 4.79 Å². The molecule has 25 heavy (non-hydrogen) atoms. The van der Waals surface area contributed by atoms with Gasteiger partial charge in [0.1, 0.15) is 5.71 Å². The van der Waals surface area contributed by atoms with Crippen molar-refractivity contribution in [3.05, 3.63) is 82.9 Å². The van der Waals surface area contributed by atoms with Crippen molar-refractivity contribution < 1.29 is 9.63 Å². The summed E-state index contributed by atoms with van der Waals surface area (Å²) in [4.78, 5) is 20.4. The number of oxime groups is 1. The van der Waals surface area contributed by atoms with E-state index in [9.17, 15) is 4.79 Å². The molecule has 0 unspecified atom stereocenters. The van der Waals surface area contributed by atoms with Gasteiger partial charge in [0.15, 0.2) is 0 Å². The van der Waals surface area contributed by atoms with E-state index in [1.165, 1.54) is 10.6 Å². The van der Waals surface area contributed by atoms with Crippen LogP contribution in [-0.2, 0) is 9.63 Å². The first kappa shape index (κ1) is 15.7. The van der Waals surface area contributed by atoms with E-state index in [1.54, 1.807) is 17.8 Å². The Balaban J connectivity index is 1.68. The lowest BCUT2D eigenvalue weighted by Crippen LogP contribution is -2.16. The molecule has 0 saturated heterocycles.